The fourth-order valence-corrected chi connectivity index (χ4v) is 5.97. The van der Waals surface area contributed by atoms with Crippen LogP contribution in [0.25, 0.3) is 0 Å². The van der Waals surface area contributed by atoms with E-state index in [1.54, 1.807) is 48.5 Å². The molecule has 4 rings (SSSR count). The molecule has 0 atom stereocenters. The largest absolute Gasteiger partial charge is 0.457 e. The van der Waals surface area contributed by atoms with Crippen LogP contribution in [0.15, 0.2) is 94.7 Å². The van der Waals surface area contributed by atoms with E-state index in [0.717, 1.165) is 22.3 Å². The molecule has 192 valence electrons. The predicted octanol–water partition coefficient (Wildman–Crippen LogP) is 8.73. The van der Waals surface area contributed by atoms with Gasteiger partial charge < -0.3 is 4.74 Å². The molecule has 4 aromatic carbocycles. The van der Waals surface area contributed by atoms with Gasteiger partial charge in [-0.1, -0.05) is 55.8 Å². The first-order valence-corrected chi connectivity index (χ1v) is 14.6. The Balaban J connectivity index is 1.58. The maximum absolute atomic E-state index is 13.0. The lowest BCUT2D eigenvalue weighted by Gasteiger charge is -2.28. The Morgan fingerprint density at radius 3 is 1.78 bits per heavy atom. The molecule has 0 aliphatic carbocycles. The molecule has 0 spiro atoms. The zero-order valence-electron chi connectivity index (χ0n) is 21.4. The second kappa shape index (κ2) is 10.9. The van der Waals surface area contributed by atoms with Crippen LogP contribution in [0.3, 0.4) is 0 Å². The van der Waals surface area contributed by atoms with Crippen LogP contribution >= 0.6 is 23.2 Å². The number of alkyl halides is 2. The van der Waals surface area contributed by atoms with Crippen molar-refractivity contribution in [1.82, 2.24) is 0 Å². The molecule has 0 radical (unpaired) electrons. The summed E-state index contributed by atoms with van der Waals surface area (Å²) >= 11 is 12.5. The lowest BCUT2D eigenvalue weighted by atomic mass is 9.77. The van der Waals surface area contributed by atoms with Gasteiger partial charge in [0.05, 0.1) is 15.7 Å². The summed E-state index contributed by atoms with van der Waals surface area (Å²) in [6, 6.07) is 25.7. The van der Waals surface area contributed by atoms with E-state index in [-0.39, 0.29) is 21.1 Å². The molecule has 0 amide bonds. The lowest BCUT2D eigenvalue weighted by Crippen LogP contribution is -2.19. The fourth-order valence-electron chi connectivity index (χ4n) is 4.21. The molecular weight excluding hydrogens is 523 g/mol. The smallest absolute Gasteiger partial charge is 0.206 e. The first-order chi connectivity index (χ1) is 17.6. The molecule has 3 nitrogen and oxygen atoms in total. The van der Waals surface area contributed by atoms with Crippen molar-refractivity contribution in [2.75, 3.05) is 0 Å². The zero-order valence-corrected chi connectivity index (χ0v) is 23.7. The molecule has 0 aromatic heterocycles. The van der Waals surface area contributed by atoms with Crippen molar-refractivity contribution in [3.63, 3.8) is 0 Å². The quantitative estimate of drug-likeness (QED) is 0.205. The van der Waals surface area contributed by atoms with Crippen LogP contribution in [0.1, 0.15) is 47.2 Å². The van der Waals surface area contributed by atoms with Crippen LogP contribution in [0.4, 0.5) is 0 Å². The Labute approximate surface area is 230 Å². The number of hydrogen-bond acceptors (Lipinski definition) is 3. The molecule has 0 heterocycles. The summed E-state index contributed by atoms with van der Waals surface area (Å²) in [4.78, 5) is 0.480. The summed E-state index contributed by atoms with van der Waals surface area (Å²) in [7, 11) is -3.60. The van der Waals surface area contributed by atoms with E-state index in [2.05, 4.69) is 45.0 Å². The van der Waals surface area contributed by atoms with Gasteiger partial charge >= 0.3 is 0 Å². The molecule has 0 saturated heterocycles. The highest BCUT2D eigenvalue weighted by molar-refractivity contribution is 7.91. The molecule has 0 bridgehead atoms. The summed E-state index contributed by atoms with van der Waals surface area (Å²) in [5.74, 6) is 1.92. The Morgan fingerprint density at radius 2 is 1.22 bits per heavy atom. The molecule has 6 heteroatoms. The number of aryl methyl sites for hydroxylation is 2. The molecule has 0 N–H and O–H groups in total. The summed E-state index contributed by atoms with van der Waals surface area (Å²) in [6.07, 6.45) is 0. The van der Waals surface area contributed by atoms with Crippen LogP contribution in [0.5, 0.6) is 11.5 Å². The average Bonchev–Trinajstić information content (AvgIpc) is 2.89. The van der Waals surface area contributed by atoms with Gasteiger partial charge in [0, 0.05) is 16.9 Å². The number of hydrogen-bond donors (Lipinski definition) is 0. The van der Waals surface area contributed by atoms with Gasteiger partial charge in [-0.3, -0.25) is 0 Å². The highest BCUT2D eigenvalue weighted by Gasteiger charge is 2.25. The minimum Gasteiger partial charge on any atom is -0.457 e. The van der Waals surface area contributed by atoms with Crippen LogP contribution < -0.4 is 4.74 Å². The van der Waals surface area contributed by atoms with Crippen LogP contribution in [0.2, 0.25) is 0 Å². The van der Waals surface area contributed by atoms with Gasteiger partial charge in [0.1, 0.15) is 11.5 Å². The molecule has 0 fully saturated rings. The van der Waals surface area contributed by atoms with Crippen LogP contribution in [-0.2, 0) is 27.0 Å². The predicted molar refractivity (Wildman–Crippen MR) is 152 cm³/mol. The number of benzene rings is 4. The third kappa shape index (κ3) is 5.72. The second-order valence-electron chi connectivity index (χ2n) is 9.75. The van der Waals surface area contributed by atoms with E-state index in [9.17, 15) is 8.42 Å². The zero-order chi connectivity index (χ0) is 26.8. The average molecular weight is 554 g/mol. The Hall–Kier alpha value is -2.79. The van der Waals surface area contributed by atoms with Gasteiger partial charge in [-0.25, -0.2) is 8.42 Å². The van der Waals surface area contributed by atoms with Gasteiger partial charge in [-0.2, -0.15) is 0 Å². The van der Waals surface area contributed by atoms with Crippen molar-refractivity contribution in [1.29, 1.82) is 0 Å². The van der Waals surface area contributed by atoms with Gasteiger partial charge in [0.2, 0.25) is 9.84 Å². The van der Waals surface area contributed by atoms with Crippen molar-refractivity contribution in [2.24, 2.45) is 0 Å². The highest BCUT2D eigenvalue weighted by atomic mass is 35.5. The molecule has 37 heavy (non-hydrogen) atoms. The maximum Gasteiger partial charge on any atom is 0.206 e. The maximum atomic E-state index is 13.0. The van der Waals surface area contributed by atoms with Gasteiger partial charge in [-0.05, 0) is 84.6 Å². The molecular formula is C31H30Cl2O3S. The van der Waals surface area contributed by atoms with Crippen molar-refractivity contribution in [3.8, 4) is 11.5 Å². The highest BCUT2D eigenvalue weighted by Crippen LogP contribution is 2.37. The Kier molecular flexibility index (Phi) is 8.03. The topological polar surface area (TPSA) is 43.4 Å². The van der Waals surface area contributed by atoms with E-state index in [1.165, 1.54) is 11.1 Å². The summed E-state index contributed by atoms with van der Waals surface area (Å²) < 4.78 is 32.0. The monoisotopic (exact) mass is 552 g/mol. The molecule has 0 unspecified atom stereocenters. The number of ether oxygens (including phenoxy) is 1. The standard InChI is InChI=1S/C31H30Cl2O3S/c1-21-5-12-28(13-6-21)37(34,35)29-14-10-27(11-15-29)36-30-16-9-26(18-24(30)20-33)31(3,4)25-8-7-22(2)23(17-25)19-32/h5-18H,19-20H2,1-4H3. The van der Waals surface area contributed by atoms with E-state index >= 15 is 0 Å². The van der Waals surface area contributed by atoms with Gasteiger partial charge in [-0.15, -0.1) is 23.2 Å². The Bertz CT molecular complexity index is 1510. The normalized spacial score (nSPS) is 11.9. The fraction of sp³-hybridized carbons (Fsp3) is 0.226. The van der Waals surface area contributed by atoms with E-state index in [0.29, 0.717) is 17.4 Å². The van der Waals surface area contributed by atoms with Crippen molar-refractivity contribution < 1.29 is 13.2 Å². The van der Waals surface area contributed by atoms with E-state index in [1.807, 2.05) is 19.1 Å². The number of rotatable bonds is 8. The van der Waals surface area contributed by atoms with Gasteiger partial charge in [0.25, 0.3) is 0 Å². The van der Waals surface area contributed by atoms with Crippen molar-refractivity contribution in [3.05, 3.63) is 118 Å². The third-order valence-corrected chi connectivity index (χ3v) is 9.20. The minimum absolute atomic E-state index is 0.216. The molecule has 0 saturated carbocycles. The van der Waals surface area contributed by atoms with E-state index < -0.39 is 9.84 Å². The molecule has 0 aliphatic heterocycles. The number of sulfone groups is 1. The van der Waals surface area contributed by atoms with Crippen LogP contribution in [-0.4, -0.2) is 8.42 Å². The molecule has 0 aliphatic rings. The van der Waals surface area contributed by atoms with Crippen molar-refractivity contribution >= 4 is 33.0 Å². The second-order valence-corrected chi connectivity index (χ2v) is 12.2. The summed E-state index contributed by atoms with van der Waals surface area (Å²) in [6.45, 7) is 8.34. The first-order valence-electron chi connectivity index (χ1n) is 12.0. The summed E-state index contributed by atoms with van der Waals surface area (Å²) in [5, 5.41) is 0. The first kappa shape index (κ1) is 27.3. The van der Waals surface area contributed by atoms with E-state index in [4.69, 9.17) is 27.9 Å². The molecule has 4 aromatic rings. The number of halogens is 2. The minimum atomic E-state index is -3.60. The SMILES string of the molecule is Cc1ccc(S(=O)(=O)c2ccc(Oc3ccc(C(C)(C)c4ccc(C)c(CCl)c4)cc3CCl)cc2)cc1. The van der Waals surface area contributed by atoms with Gasteiger partial charge in [0.15, 0.2) is 0 Å². The van der Waals surface area contributed by atoms with Crippen molar-refractivity contribution in [2.45, 2.75) is 54.7 Å². The summed E-state index contributed by atoms with van der Waals surface area (Å²) in [5.41, 5.74) is 6.18. The van der Waals surface area contributed by atoms with Crippen LogP contribution in [0, 0.1) is 13.8 Å². The Morgan fingerprint density at radius 1 is 0.703 bits per heavy atom. The lowest BCUT2D eigenvalue weighted by molar-refractivity contribution is 0.477. The third-order valence-electron chi connectivity index (χ3n) is 6.83.